The second-order valence-electron chi connectivity index (χ2n) is 10.9. The molecular formula is C36H37N5O5. The molecule has 236 valence electrons. The first kappa shape index (κ1) is 31.8. The summed E-state index contributed by atoms with van der Waals surface area (Å²) in [4.78, 5) is 59.6. The van der Waals surface area contributed by atoms with Crippen molar-refractivity contribution in [3.8, 4) is 5.75 Å². The number of anilines is 2. The second kappa shape index (κ2) is 14.0. The summed E-state index contributed by atoms with van der Waals surface area (Å²) in [6.07, 6.45) is -0.156. The normalized spacial score (nSPS) is 10.9. The first-order valence-electron chi connectivity index (χ1n) is 15.1. The smallest absolute Gasteiger partial charge is 0.326 e. The highest BCUT2D eigenvalue weighted by Crippen LogP contribution is 2.27. The lowest BCUT2D eigenvalue weighted by Crippen LogP contribution is -2.39. The molecule has 0 spiro atoms. The molecule has 0 aliphatic heterocycles. The van der Waals surface area contributed by atoms with Crippen LogP contribution in [0.3, 0.4) is 0 Å². The van der Waals surface area contributed by atoms with Crippen LogP contribution in [0.2, 0.25) is 0 Å². The molecule has 5 aromatic rings. The maximum Gasteiger partial charge on any atom is 0.326 e. The lowest BCUT2D eigenvalue weighted by molar-refractivity contribution is -0.122. The summed E-state index contributed by atoms with van der Waals surface area (Å²) >= 11 is 0. The van der Waals surface area contributed by atoms with Crippen LogP contribution in [0.25, 0.3) is 11.0 Å². The largest absolute Gasteiger partial charge is 0.497 e. The maximum absolute atomic E-state index is 14.0. The lowest BCUT2D eigenvalue weighted by atomic mass is 9.98. The minimum atomic E-state index is -0.660. The van der Waals surface area contributed by atoms with E-state index < -0.39 is 11.6 Å². The number of imidazole rings is 1. The van der Waals surface area contributed by atoms with Gasteiger partial charge in [-0.05, 0) is 67.4 Å². The Bertz CT molecular complexity index is 1920. The van der Waals surface area contributed by atoms with Crippen LogP contribution < -0.4 is 26.0 Å². The summed E-state index contributed by atoms with van der Waals surface area (Å²) in [7, 11) is 1.57. The van der Waals surface area contributed by atoms with E-state index in [1.165, 1.54) is 9.47 Å². The zero-order chi connectivity index (χ0) is 32.8. The van der Waals surface area contributed by atoms with Gasteiger partial charge in [0.2, 0.25) is 11.8 Å². The average Bonchev–Trinajstić information content (AvgIpc) is 3.40. The zero-order valence-electron chi connectivity index (χ0n) is 26.2. The molecule has 4 aromatic carbocycles. The van der Waals surface area contributed by atoms with Crippen LogP contribution in [0.5, 0.6) is 5.75 Å². The second-order valence-corrected chi connectivity index (χ2v) is 10.9. The van der Waals surface area contributed by atoms with E-state index in [1.807, 2.05) is 42.5 Å². The van der Waals surface area contributed by atoms with E-state index in [-0.39, 0.29) is 31.2 Å². The molecule has 0 unspecified atom stereocenters. The Morgan fingerprint density at radius 2 is 1.57 bits per heavy atom. The Kier molecular flexibility index (Phi) is 9.66. The van der Waals surface area contributed by atoms with Crippen LogP contribution in [0.1, 0.15) is 40.9 Å². The molecule has 0 aliphatic carbocycles. The number of methoxy groups -OCH3 is 1. The predicted octanol–water partition coefficient (Wildman–Crippen LogP) is 4.52. The van der Waals surface area contributed by atoms with Crippen molar-refractivity contribution in [3.63, 3.8) is 0 Å². The molecule has 1 heterocycles. The van der Waals surface area contributed by atoms with Crippen molar-refractivity contribution in [1.29, 1.82) is 0 Å². The standard InChI is InChI=1S/C36H37N5O5/c1-4-39(5-2)27-15-17-28(18-16-27)40(23-31(37)42)32(43)21-26-14-19-30(35(44)25-11-7-6-8-12-25)33-34(26)41(36(45)38-33)22-24-10-9-13-29(20-24)46-3/h6-20H,4-5,21-23H2,1-3H3,(H2,37,42)(H,38,45). The molecule has 3 N–H and O–H groups in total. The van der Waals surface area contributed by atoms with Gasteiger partial charge in [0.1, 0.15) is 12.3 Å². The van der Waals surface area contributed by atoms with Gasteiger partial charge in [-0.25, -0.2) is 4.79 Å². The van der Waals surface area contributed by atoms with Crippen molar-refractivity contribution in [1.82, 2.24) is 9.55 Å². The van der Waals surface area contributed by atoms with E-state index in [2.05, 4.69) is 23.7 Å². The molecular weight excluding hydrogens is 582 g/mol. The van der Waals surface area contributed by atoms with Gasteiger partial charge in [0.15, 0.2) is 5.78 Å². The number of primary amides is 1. The third-order valence-corrected chi connectivity index (χ3v) is 8.01. The van der Waals surface area contributed by atoms with Crippen LogP contribution in [0.4, 0.5) is 11.4 Å². The van der Waals surface area contributed by atoms with Crippen molar-refractivity contribution >= 4 is 40.0 Å². The number of rotatable bonds is 13. The summed E-state index contributed by atoms with van der Waals surface area (Å²) in [5.41, 5.74) is 9.51. The van der Waals surface area contributed by atoms with Crippen molar-refractivity contribution in [3.05, 3.63) is 124 Å². The molecule has 10 nitrogen and oxygen atoms in total. The summed E-state index contributed by atoms with van der Waals surface area (Å²) < 4.78 is 6.89. The highest BCUT2D eigenvalue weighted by molar-refractivity contribution is 6.16. The van der Waals surface area contributed by atoms with Gasteiger partial charge in [0.25, 0.3) is 0 Å². The van der Waals surface area contributed by atoms with Gasteiger partial charge >= 0.3 is 5.69 Å². The number of H-pyrrole nitrogens is 1. The number of carbonyl (C=O) groups is 3. The average molecular weight is 620 g/mol. The fourth-order valence-electron chi connectivity index (χ4n) is 5.70. The van der Waals surface area contributed by atoms with E-state index >= 15 is 0 Å². The van der Waals surface area contributed by atoms with Crippen molar-refractivity contribution < 1.29 is 19.1 Å². The highest BCUT2D eigenvalue weighted by atomic mass is 16.5. The van der Waals surface area contributed by atoms with Crippen LogP contribution in [-0.2, 0) is 22.6 Å². The maximum atomic E-state index is 14.0. The minimum absolute atomic E-state index is 0.156. The number of aromatic amines is 1. The summed E-state index contributed by atoms with van der Waals surface area (Å²) in [5, 5.41) is 0. The Hall–Kier alpha value is -5.64. The summed E-state index contributed by atoms with van der Waals surface area (Å²) in [5.74, 6) is -0.678. The molecule has 46 heavy (non-hydrogen) atoms. The number of ketones is 1. The topological polar surface area (TPSA) is 131 Å². The van der Waals surface area contributed by atoms with Gasteiger partial charge in [-0.15, -0.1) is 0 Å². The molecule has 0 aliphatic rings. The number of hydrogen-bond donors (Lipinski definition) is 2. The Morgan fingerprint density at radius 1 is 0.870 bits per heavy atom. The van der Waals surface area contributed by atoms with Gasteiger partial charge in [-0.3, -0.25) is 19.0 Å². The molecule has 5 rings (SSSR count). The quantitative estimate of drug-likeness (QED) is 0.186. The van der Waals surface area contributed by atoms with Crippen LogP contribution in [0.15, 0.2) is 95.8 Å². The number of hydrogen-bond acceptors (Lipinski definition) is 6. The van der Waals surface area contributed by atoms with Gasteiger partial charge in [-0.2, -0.15) is 0 Å². The molecule has 2 amide bonds. The monoisotopic (exact) mass is 619 g/mol. The van der Waals surface area contributed by atoms with E-state index in [1.54, 1.807) is 55.6 Å². The number of amides is 2. The lowest BCUT2D eigenvalue weighted by Gasteiger charge is -2.24. The van der Waals surface area contributed by atoms with E-state index in [0.29, 0.717) is 39.2 Å². The molecule has 0 atom stereocenters. The van der Waals surface area contributed by atoms with Crippen LogP contribution in [-0.4, -0.2) is 53.9 Å². The summed E-state index contributed by atoms with van der Waals surface area (Å²) in [6, 6.07) is 26.8. The first-order chi connectivity index (χ1) is 22.2. The fourth-order valence-corrected chi connectivity index (χ4v) is 5.70. The molecule has 0 saturated heterocycles. The van der Waals surface area contributed by atoms with Crippen molar-refractivity contribution in [2.75, 3.05) is 36.5 Å². The molecule has 0 fully saturated rings. The SMILES string of the molecule is CCN(CC)c1ccc(N(CC(N)=O)C(=O)Cc2ccc(C(=O)c3ccccc3)c3[nH]c(=O)n(Cc4cccc(OC)c4)c23)cc1. The summed E-state index contributed by atoms with van der Waals surface area (Å²) in [6.45, 7) is 5.63. The van der Waals surface area contributed by atoms with Crippen LogP contribution in [0, 0.1) is 0 Å². The molecule has 0 saturated carbocycles. The van der Waals surface area contributed by atoms with Gasteiger partial charge in [0.05, 0.1) is 31.1 Å². The van der Waals surface area contributed by atoms with Crippen molar-refractivity contribution in [2.24, 2.45) is 5.73 Å². The van der Waals surface area contributed by atoms with E-state index in [0.717, 1.165) is 24.3 Å². The molecule has 10 heteroatoms. The molecule has 0 radical (unpaired) electrons. The fraction of sp³-hybridized carbons (Fsp3) is 0.222. The Labute approximate surface area is 267 Å². The molecule has 1 aromatic heterocycles. The van der Waals surface area contributed by atoms with Crippen molar-refractivity contribution in [2.45, 2.75) is 26.8 Å². The van der Waals surface area contributed by atoms with E-state index in [4.69, 9.17) is 10.5 Å². The number of fused-ring (bicyclic) bond motifs is 1. The number of nitrogens with zero attached hydrogens (tertiary/aromatic N) is 3. The first-order valence-corrected chi connectivity index (χ1v) is 15.1. The number of ether oxygens (including phenoxy) is 1. The molecule has 0 bridgehead atoms. The number of carbonyl (C=O) groups excluding carboxylic acids is 3. The number of benzene rings is 4. The number of nitrogens with one attached hydrogen (secondary N) is 1. The van der Waals surface area contributed by atoms with Gasteiger partial charge in [0, 0.05) is 35.6 Å². The Balaban J connectivity index is 1.59. The number of nitrogens with two attached hydrogens (primary N) is 1. The van der Waals surface area contributed by atoms with Gasteiger partial charge in [-0.1, -0.05) is 48.5 Å². The minimum Gasteiger partial charge on any atom is -0.497 e. The van der Waals surface area contributed by atoms with E-state index in [9.17, 15) is 19.2 Å². The van der Waals surface area contributed by atoms with Gasteiger partial charge < -0.3 is 25.3 Å². The number of aromatic nitrogens is 2. The van der Waals surface area contributed by atoms with Crippen LogP contribution >= 0.6 is 0 Å². The Morgan fingerprint density at radius 3 is 2.22 bits per heavy atom. The third-order valence-electron chi connectivity index (χ3n) is 8.01. The third kappa shape index (κ3) is 6.71. The predicted molar refractivity (Wildman–Crippen MR) is 180 cm³/mol. The zero-order valence-corrected chi connectivity index (χ0v) is 26.2. The highest BCUT2D eigenvalue weighted by Gasteiger charge is 2.24.